The number of hydrogen-bond acceptors (Lipinski definition) is 3. The summed E-state index contributed by atoms with van der Waals surface area (Å²) in [7, 11) is 1.65. The van der Waals surface area contributed by atoms with Crippen LogP contribution in [0.5, 0.6) is 5.75 Å². The van der Waals surface area contributed by atoms with E-state index in [-0.39, 0.29) is 24.4 Å². The molecule has 0 aliphatic heterocycles. The van der Waals surface area contributed by atoms with Gasteiger partial charge in [0.2, 0.25) is 5.91 Å². The van der Waals surface area contributed by atoms with Gasteiger partial charge in [0.05, 0.1) is 13.7 Å². The lowest BCUT2D eigenvalue weighted by Gasteiger charge is -2.32. The van der Waals surface area contributed by atoms with Crippen molar-refractivity contribution in [2.45, 2.75) is 52.7 Å². The highest BCUT2D eigenvalue weighted by molar-refractivity contribution is 5.96. The smallest absolute Gasteiger partial charge is 0.254 e. The molecule has 2 aromatic carbocycles. The van der Waals surface area contributed by atoms with Crippen LogP contribution < -0.4 is 4.74 Å². The molecule has 0 spiro atoms. The lowest BCUT2D eigenvalue weighted by atomic mass is 10.1. The number of hydrogen-bond donors (Lipinski definition) is 0. The molecule has 0 N–H and O–H groups in total. The second-order valence-electron chi connectivity index (χ2n) is 8.99. The normalized spacial score (nSPS) is 11.7. The van der Waals surface area contributed by atoms with Crippen LogP contribution >= 0.6 is 0 Å². The lowest BCUT2D eigenvalue weighted by molar-refractivity contribution is -0.134. The van der Waals surface area contributed by atoms with Gasteiger partial charge in [-0.05, 0) is 73.9 Å². The molecular formula is C29H36FN3O3. The summed E-state index contributed by atoms with van der Waals surface area (Å²) in [4.78, 5) is 30.0. The maximum absolute atomic E-state index is 13.5. The molecule has 0 aliphatic rings. The van der Waals surface area contributed by atoms with Gasteiger partial charge in [0.1, 0.15) is 18.1 Å². The minimum absolute atomic E-state index is 0.00192. The van der Waals surface area contributed by atoms with Gasteiger partial charge in [0, 0.05) is 36.6 Å². The maximum atomic E-state index is 13.5. The number of methoxy groups -OCH3 is 1. The van der Waals surface area contributed by atoms with Gasteiger partial charge in [-0.1, -0.05) is 26.0 Å². The maximum Gasteiger partial charge on any atom is 0.254 e. The summed E-state index contributed by atoms with van der Waals surface area (Å²) >= 11 is 0. The van der Waals surface area contributed by atoms with Crippen LogP contribution in [0.15, 0.2) is 66.9 Å². The molecule has 0 saturated heterocycles. The molecule has 0 aliphatic carbocycles. The van der Waals surface area contributed by atoms with E-state index in [1.54, 1.807) is 12.0 Å². The van der Waals surface area contributed by atoms with E-state index in [9.17, 15) is 14.0 Å². The molecule has 0 fully saturated rings. The molecule has 36 heavy (non-hydrogen) atoms. The first kappa shape index (κ1) is 27.0. The quantitative estimate of drug-likeness (QED) is 0.341. The van der Waals surface area contributed by atoms with Crippen molar-refractivity contribution in [3.63, 3.8) is 0 Å². The summed E-state index contributed by atoms with van der Waals surface area (Å²) in [6, 6.07) is 17.4. The van der Waals surface area contributed by atoms with Crippen molar-refractivity contribution in [2.24, 2.45) is 0 Å². The fourth-order valence-corrected chi connectivity index (χ4v) is 4.15. The van der Waals surface area contributed by atoms with Crippen LogP contribution in [0, 0.1) is 5.82 Å². The Morgan fingerprint density at radius 1 is 1.06 bits per heavy atom. The first-order chi connectivity index (χ1) is 17.4. The van der Waals surface area contributed by atoms with Crippen LogP contribution in [0.1, 0.15) is 55.2 Å². The standard InChI is InChI=1S/C29H36FN3O3/c1-5-16-32(29(35)24-12-14-25(30)15-13-24)21-28(34)33(22(3)6-2)20-26-10-8-17-31(26)19-23-9-7-11-27(18-23)36-4/h7-15,17-18,22H,5-6,16,19-21H2,1-4H3. The average Bonchev–Trinajstić information content (AvgIpc) is 3.32. The fraction of sp³-hybridized carbons (Fsp3) is 0.379. The van der Waals surface area contributed by atoms with Gasteiger partial charge in [0.25, 0.3) is 5.91 Å². The van der Waals surface area contributed by atoms with E-state index in [1.165, 1.54) is 24.3 Å². The van der Waals surface area contributed by atoms with Crippen LogP contribution in [0.3, 0.4) is 0 Å². The van der Waals surface area contributed by atoms with Gasteiger partial charge in [-0.2, -0.15) is 0 Å². The summed E-state index contributed by atoms with van der Waals surface area (Å²) in [5.41, 5.74) is 2.49. The zero-order valence-corrected chi connectivity index (χ0v) is 21.6. The molecule has 1 aromatic heterocycles. The Labute approximate surface area is 213 Å². The highest BCUT2D eigenvalue weighted by Gasteiger charge is 2.25. The molecule has 0 radical (unpaired) electrons. The molecule has 3 aromatic rings. The number of nitrogens with zero attached hydrogens (tertiary/aromatic N) is 3. The Hall–Kier alpha value is -3.61. The Bertz CT molecular complexity index is 1140. The zero-order valence-electron chi connectivity index (χ0n) is 21.6. The second kappa shape index (κ2) is 12.9. The Morgan fingerprint density at radius 3 is 2.47 bits per heavy atom. The van der Waals surface area contributed by atoms with Gasteiger partial charge in [-0.15, -0.1) is 0 Å². The summed E-state index contributed by atoms with van der Waals surface area (Å²) in [5, 5.41) is 0. The first-order valence-electron chi connectivity index (χ1n) is 12.5. The number of carbonyl (C=O) groups excluding carboxylic acids is 2. The minimum Gasteiger partial charge on any atom is -0.497 e. The number of ether oxygens (including phenoxy) is 1. The highest BCUT2D eigenvalue weighted by atomic mass is 19.1. The van der Waals surface area contributed by atoms with E-state index in [2.05, 4.69) is 4.57 Å². The van der Waals surface area contributed by atoms with E-state index in [0.29, 0.717) is 31.6 Å². The Morgan fingerprint density at radius 2 is 1.81 bits per heavy atom. The summed E-state index contributed by atoms with van der Waals surface area (Å²) in [6.07, 6.45) is 3.52. The minimum atomic E-state index is -0.399. The van der Waals surface area contributed by atoms with Crippen molar-refractivity contribution in [3.05, 3.63) is 89.5 Å². The number of aromatic nitrogens is 1. The monoisotopic (exact) mass is 493 g/mol. The van der Waals surface area contributed by atoms with Crippen molar-refractivity contribution >= 4 is 11.8 Å². The second-order valence-corrected chi connectivity index (χ2v) is 8.99. The molecule has 1 unspecified atom stereocenters. The van der Waals surface area contributed by atoms with E-state index >= 15 is 0 Å². The molecule has 1 atom stereocenters. The summed E-state index contributed by atoms with van der Waals surface area (Å²) in [6.45, 7) is 7.57. The van der Waals surface area contributed by atoms with Crippen molar-refractivity contribution in [1.29, 1.82) is 0 Å². The number of rotatable bonds is 12. The molecule has 2 amide bonds. The molecule has 6 nitrogen and oxygen atoms in total. The number of benzene rings is 2. The first-order valence-corrected chi connectivity index (χ1v) is 12.5. The topological polar surface area (TPSA) is 54.8 Å². The highest BCUT2D eigenvalue weighted by Crippen LogP contribution is 2.18. The zero-order chi connectivity index (χ0) is 26.1. The molecule has 3 rings (SSSR count). The van der Waals surface area contributed by atoms with E-state index in [1.807, 2.05) is 68.3 Å². The van der Waals surface area contributed by atoms with E-state index in [0.717, 1.165) is 23.4 Å². The molecule has 1 heterocycles. The van der Waals surface area contributed by atoms with Gasteiger partial charge < -0.3 is 19.1 Å². The summed E-state index contributed by atoms with van der Waals surface area (Å²) in [5.74, 6) is 0.0297. The predicted octanol–water partition coefficient (Wildman–Crippen LogP) is 5.36. The third-order valence-corrected chi connectivity index (χ3v) is 6.38. The summed E-state index contributed by atoms with van der Waals surface area (Å²) < 4.78 is 20.8. The Kier molecular flexibility index (Phi) is 9.68. The van der Waals surface area contributed by atoms with E-state index < -0.39 is 5.82 Å². The number of halogens is 1. The van der Waals surface area contributed by atoms with Gasteiger partial charge in [0.15, 0.2) is 0 Å². The van der Waals surface area contributed by atoms with Crippen LogP contribution in [0.4, 0.5) is 4.39 Å². The largest absolute Gasteiger partial charge is 0.497 e. The molecular weight excluding hydrogens is 457 g/mol. The van der Waals surface area contributed by atoms with Crippen LogP contribution in [0.25, 0.3) is 0 Å². The van der Waals surface area contributed by atoms with Crippen LogP contribution in [-0.2, 0) is 17.9 Å². The number of amides is 2. The van der Waals surface area contributed by atoms with Crippen molar-refractivity contribution in [1.82, 2.24) is 14.4 Å². The molecule has 192 valence electrons. The van der Waals surface area contributed by atoms with Gasteiger partial charge in [-0.3, -0.25) is 9.59 Å². The average molecular weight is 494 g/mol. The van der Waals surface area contributed by atoms with Gasteiger partial charge in [-0.25, -0.2) is 4.39 Å². The van der Waals surface area contributed by atoms with E-state index in [4.69, 9.17) is 4.74 Å². The van der Waals surface area contributed by atoms with Crippen molar-refractivity contribution < 1.29 is 18.7 Å². The SMILES string of the molecule is CCCN(CC(=O)N(Cc1cccn1Cc1cccc(OC)c1)C(C)CC)C(=O)c1ccc(F)cc1. The third kappa shape index (κ3) is 6.97. The third-order valence-electron chi connectivity index (χ3n) is 6.38. The Balaban J connectivity index is 1.77. The molecule has 0 saturated carbocycles. The fourth-order valence-electron chi connectivity index (χ4n) is 4.15. The van der Waals surface area contributed by atoms with Gasteiger partial charge >= 0.3 is 0 Å². The van der Waals surface area contributed by atoms with Crippen LogP contribution in [0.2, 0.25) is 0 Å². The number of carbonyl (C=O) groups is 2. The lowest BCUT2D eigenvalue weighted by Crippen LogP contribution is -2.46. The van der Waals surface area contributed by atoms with Crippen molar-refractivity contribution in [2.75, 3.05) is 20.2 Å². The molecule has 7 heteroatoms. The molecule has 0 bridgehead atoms. The van der Waals surface area contributed by atoms with Crippen molar-refractivity contribution in [3.8, 4) is 5.75 Å². The predicted molar refractivity (Wildman–Crippen MR) is 139 cm³/mol. The van der Waals surface area contributed by atoms with Crippen LogP contribution in [-0.4, -0.2) is 52.4 Å².